The van der Waals surface area contributed by atoms with Gasteiger partial charge in [-0.25, -0.2) is 13.2 Å². The fourth-order valence-corrected chi connectivity index (χ4v) is 7.02. The molecule has 0 amide bonds. The van der Waals surface area contributed by atoms with Gasteiger partial charge in [0.1, 0.15) is 17.5 Å². The van der Waals surface area contributed by atoms with Gasteiger partial charge < -0.3 is 0 Å². The van der Waals surface area contributed by atoms with Crippen molar-refractivity contribution in [3.8, 4) is 0 Å². The van der Waals surface area contributed by atoms with Gasteiger partial charge in [-0.2, -0.15) is 0 Å². The number of hydrogen-bond donors (Lipinski definition) is 0. The molecule has 160 valence electrons. The first-order valence-electron chi connectivity index (χ1n) is 9.54. The Balaban J connectivity index is 2.13. The summed E-state index contributed by atoms with van der Waals surface area (Å²) in [7, 11) is -3.16. The van der Waals surface area contributed by atoms with Gasteiger partial charge in [0.05, 0.1) is 17.7 Å². The molecule has 0 saturated heterocycles. The van der Waals surface area contributed by atoms with E-state index >= 15 is 0 Å². The Labute approximate surface area is 182 Å². The summed E-state index contributed by atoms with van der Waals surface area (Å²) in [5, 5.41) is 12.4. The van der Waals surface area contributed by atoms with E-state index in [1.807, 2.05) is 0 Å². The highest BCUT2D eigenvalue weighted by Crippen LogP contribution is 2.49. The minimum atomic E-state index is -3.16. The first-order chi connectivity index (χ1) is 15.4. The summed E-state index contributed by atoms with van der Waals surface area (Å²) in [6.07, 6.45) is 0. The van der Waals surface area contributed by atoms with Gasteiger partial charge in [0, 0.05) is 28.0 Å². The third-order valence-corrected chi connectivity index (χ3v) is 8.48. The van der Waals surface area contributed by atoms with Crippen molar-refractivity contribution in [1.29, 1.82) is 0 Å². The second-order valence-electron chi connectivity index (χ2n) is 6.95. The Hall–Kier alpha value is -3.70. The second-order valence-corrected chi connectivity index (χ2v) is 9.97. The number of nitro groups is 1. The number of non-ortho nitro benzene ring substituents is 1. The van der Waals surface area contributed by atoms with Crippen LogP contribution in [0.25, 0.3) is 0 Å². The Morgan fingerprint density at radius 2 is 1.06 bits per heavy atom. The average Bonchev–Trinajstić information content (AvgIpc) is 2.78. The maximum Gasteiger partial charge on any atom is 0.269 e. The molecule has 0 radical (unpaired) electrons. The van der Waals surface area contributed by atoms with E-state index < -0.39 is 29.4 Å². The van der Waals surface area contributed by atoms with Crippen LogP contribution in [0.3, 0.4) is 0 Å². The molecule has 0 atom stereocenters. The largest absolute Gasteiger partial charge is 0.269 e. The summed E-state index contributed by atoms with van der Waals surface area (Å²) in [5.74, 6) is -1.55. The van der Waals surface area contributed by atoms with Crippen molar-refractivity contribution < 1.29 is 18.1 Å². The Morgan fingerprint density at radius 1 is 0.656 bits per heavy atom. The van der Waals surface area contributed by atoms with Crippen molar-refractivity contribution in [2.24, 2.45) is 4.74 Å². The third-order valence-electron chi connectivity index (χ3n) is 4.87. The van der Waals surface area contributed by atoms with E-state index in [4.69, 9.17) is 4.74 Å². The third kappa shape index (κ3) is 4.20. The molecule has 4 nitrogen and oxygen atoms in total. The molecule has 0 aromatic heterocycles. The SMILES string of the molecule is O=[N+]([O-])c1ccc(N=P(c2cccc(F)c2)(c2cccc(F)c2)c2cccc(F)c2)cc1. The van der Waals surface area contributed by atoms with Crippen LogP contribution in [0, 0.1) is 27.6 Å². The van der Waals surface area contributed by atoms with Crippen molar-refractivity contribution >= 4 is 34.3 Å². The van der Waals surface area contributed by atoms with E-state index in [1.54, 1.807) is 18.2 Å². The maximum absolute atomic E-state index is 14.3. The smallest absolute Gasteiger partial charge is 0.258 e. The minimum Gasteiger partial charge on any atom is -0.258 e. The lowest BCUT2D eigenvalue weighted by Crippen LogP contribution is -2.26. The Bertz CT molecular complexity index is 1240. The van der Waals surface area contributed by atoms with Gasteiger partial charge >= 0.3 is 0 Å². The Kier molecular flexibility index (Phi) is 5.93. The highest BCUT2D eigenvalue weighted by Gasteiger charge is 2.29. The molecule has 4 aromatic rings. The van der Waals surface area contributed by atoms with Crippen LogP contribution < -0.4 is 15.9 Å². The number of hydrogen-bond acceptors (Lipinski definition) is 3. The lowest BCUT2D eigenvalue weighted by atomic mass is 10.3. The fraction of sp³-hybridized carbons (Fsp3) is 0. The van der Waals surface area contributed by atoms with Crippen LogP contribution in [-0.4, -0.2) is 4.92 Å². The van der Waals surface area contributed by atoms with E-state index in [2.05, 4.69) is 0 Å². The van der Waals surface area contributed by atoms with Crippen molar-refractivity contribution in [3.63, 3.8) is 0 Å². The van der Waals surface area contributed by atoms with E-state index in [9.17, 15) is 23.3 Å². The number of nitro benzene ring substituents is 1. The molecular formula is C24H16F3N2O2P. The zero-order valence-electron chi connectivity index (χ0n) is 16.5. The van der Waals surface area contributed by atoms with Gasteiger partial charge in [-0.05, 0) is 48.5 Å². The molecule has 0 aliphatic carbocycles. The van der Waals surface area contributed by atoms with Gasteiger partial charge in [0.25, 0.3) is 5.69 Å². The number of benzene rings is 4. The molecule has 0 bridgehead atoms. The lowest BCUT2D eigenvalue weighted by molar-refractivity contribution is -0.384. The molecule has 0 heterocycles. The molecule has 0 spiro atoms. The highest BCUT2D eigenvalue weighted by molar-refractivity contribution is 7.87. The maximum atomic E-state index is 14.3. The predicted octanol–water partition coefficient (Wildman–Crippen LogP) is 5.82. The summed E-state index contributed by atoms with van der Waals surface area (Å²) in [6, 6.07) is 22.8. The van der Waals surface area contributed by atoms with Crippen molar-refractivity contribution in [1.82, 2.24) is 0 Å². The summed E-state index contributed by atoms with van der Waals surface area (Å²) >= 11 is 0. The van der Waals surface area contributed by atoms with E-state index in [0.29, 0.717) is 21.6 Å². The van der Waals surface area contributed by atoms with Crippen LogP contribution in [0.4, 0.5) is 24.5 Å². The lowest BCUT2D eigenvalue weighted by Gasteiger charge is -2.27. The molecule has 0 aliphatic heterocycles. The van der Waals surface area contributed by atoms with E-state index in [1.165, 1.54) is 78.9 Å². The topological polar surface area (TPSA) is 55.5 Å². The standard InChI is InChI=1S/C24H16F3N2O2P/c25-17-4-1-7-22(14-17)32(23-8-2-5-18(26)15-23,24-9-3-6-19(27)16-24)28-20-10-12-21(13-11-20)29(30)31/h1-16H. The van der Waals surface area contributed by atoms with Crippen molar-refractivity contribution in [2.45, 2.75) is 0 Å². The summed E-state index contributed by atoms with van der Waals surface area (Å²) in [5.41, 5.74) is 0.247. The zero-order chi connectivity index (χ0) is 22.7. The fourth-order valence-electron chi connectivity index (χ4n) is 3.47. The zero-order valence-corrected chi connectivity index (χ0v) is 17.4. The second kappa shape index (κ2) is 8.81. The molecule has 4 aromatic carbocycles. The highest BCUT2D eigenvalue weighted by atomic mass is 31.2. The first-order valence-corrected chi connectivity index (χ1v) is 11.3. The van der Waals surface area contributed by atoms with Crippen molar-refractivity contribution in [2.75, 3.05) is 0 Å². The molecular weight excluding hydrogens is 436 g/mol. The monoisotopic (exact) mass is 452 g/mol. The number of rotatable bonds is 5. The van der Waals surface area contributed by atoms with Crippen LogP contribution >= 0.6 is 7.05 Å². The molecule has 0 unspecified atom stereocenters. The number of nitrogens with zero attached hydrogens (tertiary/aromatic N) is 2. The van der Waals surface area contributed by atoms with E-state index in [0.717, 1.165) is 0 Å². The Morgan fingerprint density at radius 3 is 1.41 bits per heavy atom. The van der Waals surface area contributed by atoms with Gasteiger partial charge in [-0.1, -0.05) is 36.4 Å². The molecule has 0 saturated carbocycles. The van der Waals surface area contributed by atoms with Crippen LogP contribution in [0.5, 0.6) is 0 Å². The van der Waals surface area contributed by atoms with Gasteiger partial charge in [0.15, 0.2) is 0 Å². The normalized spacial score (nSPS) is 11.2. The van der Waals surface area contributed by atoms with Crippen LogP contribution in [0.15, 0.2) is 102 Å². The summed E-state index contributed by atoms with van der Waals surface area (Å²) < 4.78 is 47.9. The summed E-state index contributed by atoms with van der Waals surface area (Å²) in [4.78, 5) is 10.5. The molecule has 8 heteroatoms. The first kappa shape index (κ1) is 21.5. The van der Waals surface area contributed by atoms with Crippen molar-refractivity contribution in [3.05, 3.63) is 125 Å². The molecule has 32 heavy (non-hydrogen) atoms. The quantitative estimate of drug-likeness (QED) is 0.218. The molecule has 0 N–H and O–H groups in total. The molecule has 4 rings (SSSR count). The van der Waals surface area contributed by atoms with Gasteiger partial charge in [-0.3, -0.25) is 14.9 Å². The van der Waals surface area contributed by atoms with E-state index in [-0.39, 0.29) is 5.69 Å². The van der Waals surface area contributed by atoms with Gasteiger partial charge in [0.2, 0.25) is 0 Å². The molecule has 0 aliphatic rings. The molecule has 0 fully saturated rings. The van der Waals surface area contributed by atoms with Gasteiger partial charge in [-0.15, -0.1) is 0 Å². The van der Waals surface area contributed by atoms with Crippen LogP contribution in [-0.2, 0) is 0 Å². The minimum absolute atomic E-state index is 0.116. The van der Waals surface area contributed by atoms with Crippen LogP contribution in [0.1, 0.15) is 0 Å². The predicted molar refractivity (Wildman–Crippen MR) is 120 cm³/mol. The van der Waals surface area contributed by atoms with Crippen LogP contribution in [0.2, 0.25) is 0 Å². The number of halogens is 3. The average molecular weight is 452 g/mol. The summed E-state index contributed by atoms with van der Waals surface area (Å²) in [6.45, 7) is 0.